The fourth-order valence-corrected chi connectivity index (χ4v) is 3.51. The molecule has 0 aliphatic carbocycles. The van der Waals surface area contributed by atoms with Gasteiger partial charge in [-0.2, -0.15) is 0 Å². The average Bonchev–Trinajstić information content (AvgIpc) is 2.81. The first-order chi connectivity index (χ1) is 15.5. The van der Waals surface area contributed by atoms with Gasteiger partial charge in [-0.25, -0.2) is 14.8 Å². The molecule has 1 fully saturated rings. The number of aliphatic hydroxyl groups excluding tert-OH is 1. The lowest BCUT2D eigenvalue weighted by molar-refractivity contribution is -0.125. The number of nitrogens with one attached hydrogen (secondary N) is 4. The zero-order valence-electron chi connectivity index (χ0n) is 17.7. The van der Waals surface area contributed by atoms with Gasteiger partial charge in [-0.15, -0.1) is 0 Å². The summed E-state index contributed by atoms with van der Waals surface area (Å²) in [4.78, 5) is 34.7. The third-order valence-electron chi connectivity index (χ3n) is 5.16. The summed E-state index contributed by atoms with van der Waals surface area (Å²) in [5, 5.41) is 23.4. The van der Waals surface area contributed by atoms with Gasteiger partial charge in [-0.1, -0.05) is 18.2 Å². The van der Waals surface area contributed by atoms with Crippen molar-refractivity contribution in [1.29, 1.82) is 5.41 Å². The number of anilines is 1. The maximum Gasteiger partial charge on any atom is 0.321 e. The number of carbonyl (C=O) groups excluding carboxylic acids is 2. The highest BCUT2D eigenvalue weighted by Gasteiger charge is 2.25. The van der Waals surface area contributed by atoms with Crippen LogP contribution in [0.4, 0.5) is 10.7 Å². The van der Waals surface area contributed by atoms with Crippen molar-refractivity contribution in [2.24, 2.45) is 11.7 Å². The van der Waals surface area contributed by atoms with Crippen LogP contribution in [0.3, 0.4) is 0 Å². The molecule has 7 N–H and O–H groups in total. The molecule has 1 saturated heterocycles. The number of nitrogens with zero attached hydrogens (tertiary/aromatic N) is 3. The molecular weight excluding hydrogens is 412 g/mol. The van der Waals surface area contributed by atoms with Gasteiger partial charge in [0.15, 0.2) is 5.96 Å². The van der Waals surface area contributed by atoms with E-state index in [-0.39, 0.29) is 31.5 Å². The van der Waals surface area contributed by atoms with E-state index in [4.69, 9.17) is 16.2 Å². The number of guanidine groups is 1. The molecule has 170 valence electrons. The molecule has 3 amide bonds. The van der Waals surface area contributed by atoms with E-state index in [2.05, 4.69) is 30.8 Å². The van der Waals surface area contributed by atoms with Crippen LogP contribution in [0.2, 0.25) is 0 Å². The molecule has 0 spiro atoms. The smallest absolute Gasteiger partial charge is 0.321 e. The summed E-state index contributed by atoms with van der Waals surface area (Å²) in [6.07, 6.45) is 4.96. The second kappa shape index (κ2) is 11.0. The number of aliphatic hydroxyl groups is 1. The molecular formula is C21H28N8O3. The van der Waals surface area contributed by atoms with Gasteiger partial charge in [0.1, 0.15) is 0 Å². The van der Waals surface area contributed by atoms with Gasteiger partial charge >= 0.3 is 6.03 Å². The Morgan fingerprint density at radius 2 is 1.88 bits per heavy atom. The largest absolute Gasteiger partial charge is 0.395 e. The molecule has 1 aliphatic heterocycles. The summed E-state index contributed by atoms with van der Waals surface area (Å²) < 4.78 is 0. The van der Waals surface area contributed by atoms with E-state index >= 15 is 0 Å². The van der Waals surface area contributed by atoms with Crippen molar-refractivity contribution in [2.75, 3.05) is 31.1 Å². The van der Waals surface area contributed by atoms with E-state index in [9.17, 15) is 9.59 Å². The van der Waals surface area contributed by atoms with Crippen molar-refractivity contribution in [1.82, 2.24) is 25.9 Å². The maximum absolute atomic E-state index is 12.0. The number of benzene rings is 1. The minimum atomic E-state index is -0.537. The quantitative estimate of drug-likeness (QED) is 0.263. The summed E-state index contributed by atoms with van der Waals surface area (Å²) in [6, 6.07) is 7.10. The Morgan fingerprint density at radius 1 is 1.16 bits per heavy atom. The Bertz CT molecular complexity index is 942. The maximum atomic E-state index is 12.0. The lowest BCUT2D eigenvalue weighted by Crippen LogP contribution is -2.42. The van der Waals surface area contributed by atoms with Gasteiger partial charge in [0.2, 0.25) is 11.9 Å². The first-order valence-electron chi connectivity index (χ1n) is 10.4. The molecule has 11 nitrogen and oxygen atoms in total. The molecule has 32 heavy (non-hydrogen) atoms. The minimum absolute atomic E-state index is 0.0110. The zero-order valence-corrected chi connectivity index (χ0v) is 17.7. The molecule has 11 heteroatoms. The molecule has 1 aliphatic rings. The van der Waals surface area contributed by atoms with E-state index in [1.807, 2.05) is 24.3 Å². The second-order valence-electron chi connectivity index (χ2n) is 7.47. The van der Waals surface area contributed by atoms with Crippen LogP contribution in [-0.2, 0) is 11.3 Å². The van der Waals surface area contributed by atoms with Crippen LogP contribution in [0.15, 0.2) is 36.7 Å². The Hall–Kier alpha value is -3.73. The molecule has 2 aromatic rings. The summed E-state index contributed by atoms with van der Waals surface area (Å²) in [7, 11) is 0. The Kier molecular flexibility index (Phi) is 7.92. The first-order valence-corrected chi connectivity index (χ1v) is 10.4. The Labute approximate surface area is 185 Å². The predicted octanol–water partition coefficient (Wildman–Crippen LogP) is 0.161. The Balaban J connectivity index is 1.56. The van der Waals surface area contributed by atoms with E-state index < -0.39 is 12.0 Å². The number of piperidine rings is 1. The lowest BCUT2D eigenvalue weighted by atomic mass is 9.96. The monoisotopic (exact) mass is 440 g/mol. The fourth-order valence-electron chi connectivity index (χ4n) is 3.51. The number of rotatable bonds is 7. The molecule has 2 heterocycles. The minimum Gasteiger partial charge on any atom is -0.395 e. The number of aromatic nitrogens is 2. The fraction of sp³-hybridized carbons (Fsp3) is 0.381. The first kappa shape index (κ1) is 22.9. The summed E-state index contributed by atoms with van der Waals surface area (Å²) in [6.45, 7) is 1.90. The van der Waals surface area contributed by atoms with Crippen molar-refractivity contribution in [2.45, 2.75) is 19.4 Å². The van der Waals surface area contributed by atoms with Crippen LogP contribution in [0, 0.1) is 11.3 Å². The van der Waals surface area contributed by atoms with Crippen LogP contribution < -0.4 is 26.6 Å². The molecule has 0 atom stereocenters. The molecule has 3 rings (SSSR count). The van der Waals surface area contributed by atoms with Crippen LogP contribution in [0.5, 0.6) is 0 Å². The van der Waals surface area contributed by atoms with Crippen LogP contribution in [0.25, 0.3) is 11.1 Å². The number of hydrogen-bond acceptors (Lipinski definition) is 7. The van der Waals surface area contributed by atoms with Crippen LogP contribution >= 0.6 is 0 Å². The van der Waals surface area contributed by atoms with Gasteiger partial charge in [-0.05, 0) is 30.0 Å². The lowest BCUT2D eigenvalue weighted by Gasteiger charge is -2.31. The number of nitrogens with two attached hydrogens (primary N) is 1. The molecule has 1 aromatic carbocycles. The highest BCUT2D eigenvalue weighted by atomic mass is 16.3. The number of hydrogen-bond donors (Lipinski definition) is 6. The van der Waals surface area contributed by atoms with Gasteiger partial charge in [0.25, 0.3) is 0 Å². The molecule has 0 unspecified atom stereocenters. The predicted molar refractivity (Wildman–Crippen MR) is 120 cm³/mol. The van der Waals surface area contributed by atoms with Gasteiger partial charge in [0, 0.05) is 50.1 Å². The number of carbonyl (C=O) groups is 2. The van der Waals surface area contributed by atoms with Crippen molar-refractivity contribution < 1.29 is 14.7 Å². The standard InChI is InChI=1S/C21H28N8O3/c22-19(23)28-21(32)27-11-14-2-1-3-16(10-14)17-12-25-20(26-13-17)29-7-4-15(5-8-29)18(31)24-6-9-30/h1-3,10,12-13,15,30H,4-9,11H2,(H,24,31)(H5,22,23,27,28,32). The molecule has 1 aromatic heterocycles. The van der Waals surface area contributed by atoms with E-state index in [1.54, 1.807) is 12.4 Å². The highest BCUT2D eigenvalue weighted by Crippen LogP contribution is 2.23. The third kappa shape index (κ3) is 6.38. The van der Waals surface area contributed by atoms with E-state index in [0.29, 0.717) is 31.9 Å². The van der Waals surface area contributed by atoms with Crippen molar-refractivity contribution in [3.05, 3.63) is 42.2 Å². The van der Waals surface area contributed by atoms with Gasteiger partial charge < -0.3 is 26.4 Å². The molecule has 0 saturated carbocycles. The average molecular weight is 441 g/mol. The highest BCUT2D eigenvalue weighted by molar-refractivity contribution is 5.93. The van der Waals surface area contributed by atoms with Gasteiger partial charge in [0.05, 0.1) is 6.61 Å². The molecule has 0 bridgehead atoms. The number of amides is 3. The Morgan fingerprint density at radius 3 is 2.53 bits per heavy atom. The van der Waals surface area contributed by atoms with E-state index in [0.717, 1.165) is 16.7 Å². The van der Waals surface area contributed by atoms with Crippen molar-refractivity contribution >= 4 is 23.8 Å². The normalized spacial score (nSPS) is 14.0. The van der Waals surface area contributed by atoms with E-state index in [1.165, 1.54) is 0 Å². The SMILES string of the molecule is N=C(N)NC(=O)NCc1cccc(-c2cnc(N3CCC(C(=O)NCCO)CC3)nc2)c1. The second-order valence-corrected chi connectivity index (χ2v) is 7.47. The summed E-state index contributed by atoms with van der Waals surface area (Å²) in [5.41, 5.74) is 7.78. The van der Waals surface area contributed by atoms with Crippen LogP contribution in [-0.4, -0.2) is 59.2 Å². The summed E-state index contributed by atoms with van der Waals surface area (Å²) in [5.74, 6) is 0.151. The molecule has 0 radical (unpaired) electrons. The van der Waals surface area contributed by atoms with Crippen molar-refractivity contribution in [3.8, 4) is 11.1 Å². The zero-order chi connectivity index (χ0) is 22.9. The van der Waals surface area contributed by atoms with Crippen molar-refractivity contribution in [3.63, 3.8) is 0 Å². The summed E-state index contributed by atoms with van der Waals surface area (Å²) >= 11 is 0. The third-order valence-corrected chi connectivity index (χ3v) is 5.16. The van der Waals surface area contributed by atoms with Gasteiger partial charge in [-0.3, -0.25) is 15.5 Å². The van der Waals surface area contributed by atoms with Crippen LogP contribution in [0.1, 0.15) is 18.4 Å². The topological polar surface area (TPSA) is 169 Å². The number of urea groups is 1.